The number of carbonyl (C=O) groups excluding carboxylic acids is 2. The number of Topliss-reactive ketones (excluding diaryl/α,β-unsaturated/α-hetero) is 1. The van der Waals surface area contributed by atoms with Crippen LogP contribution >= 0.6 is 0 Å². The average molecular weight is 190 g/mol. The Balaban J connectivity index is 3.90. The number of carbonyl (C=O) groups is 2. The second-order valence-electron chi connectivity index (χ2n) is 2.25. The first kappa shape index (κ1) is 12.1. The van der Waals surface area contributed by atoms with Gasteiger partial charge in [0.05, 0.1) is 6.61 Å². The van der Waals surface area contributed by atoms with Gasteiger partial charge in [-0.05, 0) is 6.92 Å². The largest absolute Gasteiger partial charge is 0.466 e. The molecule has 0 aromatic rings. The zero-order valence-corrected chi connectivity index (χ0v) is 8.03. The third kappa shape index (κ3) is 4.59. The summed E-state index contributed by atoms with van der Waals surface area (Å²) in [6.07, 6.45) is -1.30. The molecule has 0 aromatic carbocycles. The summed E-state index contributed by atoms with van der Waals surface area (Å²) in [6.45, 7) is 1.93. The quantitative estimate of drug-likeness (QED) is 0.338. The van der Waals surface area contributed by atoms with Crippen LogP contribution < -0.4 is 0 Å². The van der Waals surface area contributed by atoms with Crippen molar-refractivity contribution in [2.45, 2.75) is 19.6 Å². The molecular formula is C8H14O5. The van der Waals surface area contributed by atoms with E-state index >= 15 is 0 Å². The fraction of sp³-hybridized carbons (Fsp3) is 0.750. The van der Waals surface area contributed by atoms with Crippen molar-refractivity contribution in [3.63, 3.8) is 0 Å². The van der Waals surface area contributed by atoms with Gasteiger partial charge in [-0.1, -0.05) is 0 Å². The maximum absolute atomic E-state index is 11.1. The van der Waals surface area contributed by atoms with Gasteiger partial charge < -0.3 is 14.2 Å². The van der Waals surface area contributed by atoms with Gasteiger partial charge in [0.2, 0.25) is 6.29 Å². The zero-order valence-electron chi connectivity index (χ0n) is 8.03. The monoisotopic (exact) mass is 190 g/mol. The van der Waals surface area contributed by atoms with Gasteiger partial charge in [0, 0.05) is 14.2 Å². The lowest BCUT2D eigenvalue weighted by molar-refractivity contribution is -0.162. The molecule has 0 atom stereocenters. The van der Waals surface area contributed by atoms with Crippen molar-refractivity contribution >= 4 is 11.8 Å². The van der Waals surface area contributed by atoms with E-state index in [0.717, 1.165) is 0 Å². The van der Waals surface area contributed by atoms with Crippen LogP contribution in [0.25, 0.3) is 0 Å². The van der Waals surface area contributed by atoms with Gasteiger partial charge in [0.1, 0.15) is 6.42 Å². The average Bonchev–Trinajstić information content (AvgIpc) is 2.06. The molecule has 0 spiro atoms. The summed E-state index contributed by atoms with van der Waals surface area (Å²) in [6, 6.07) is 0. The van der Waals surface area contributed by atoms with Gasteiger partial charge in [-0.25, -0.2) is 0 Å². The molecule has 0 unspecified atom stereocenters. The van der Waals surface area contributed by atoms with Crippen LogP contribution in [-0.2, 0) is 23.8 Å². The molecule has 0 saturated heterocycles. The molecule has 13 heavy (non-hydrogen) atoms. The standard InChI is InChI=1S/C8H14O5/c1-4-13-7(10)5-6(9)8(11-2)12-3/h8H,4-5H2,1-3H3. The molecule has 0 aliphatic heterocycles. The van der Waals surface area contributed by atoms with Gasteiger partial charge in [-0.3, -0.25) is 9.59 Å². The molecule has 0 rings (SSSR count). The van der Waals surface area contributed by atoms with Crippen LogP contribution in [0.3, 0.4) is 0 Å². The highest BCUT2D eigenvalue weighted by Crippen LogP contribution is 1.98. The molecule has 0 N–H and O–H groups in total. The molecular weight excluding hydrogens is 176 g/mol. The van der Waals surface area contributed by atoms with Crippen LogP contribution in [0.1, 0.15) is 13.3 Å². The number of methoxy groups -OCH3 is 2. The van der Waals surface area contributed by atoms with Crippen LogP contribution in [0.15, 0.2) is 0 Å². The third-order valence-electron chi connectivity index (χ3n) is 1.31. The van der Waals surface area contributed by atoms with E-state index in [-0.39, 0.29) is 13.0 Å². The van der Waals surface area contributed by atoms with Crippen LogP contribution in [-0.4, -0.2) is 38.9 Å². The summed E-state index contributed by atoms with van der Waals surface area (Å²) in [7, 11) is 2.66. The summed E-state index contributed by atoms with van der Waals surface area (Å²) in [5, 5.41) is 0. The number of hydrogen-bond acceptors (Lipinski definition) is 5. The van der Waals surface area contributed by atoms with E-state index < -0.39 is 18.0 Å². The number of ketones is 1. The molecule has 0 fully saturated rings. The van der Waals surface area contributed by atoms with E-state index in [1.165, 1.54) is 14.2 Å². The molecule has 0 saturated carbocycles. The normalized spacial score (nSPS) is 10.2. The molecule has 0 heterocycles. The zero-order chi connectivity index (χ0) is 10.3. The van der Waals surface area contributed by atoms with Crippen molar-refractivity contribution in [3.8, 4) is 0 Å². The summed E-state index contributed by atoms with van der Waals surface area (Å²) < 4.78 is 13.9. The van der Waals surface area contributed by atoms with Crippen molar-refractivity contribution in [1.82, 2.24) is 0 Å². The predicted octanol–water partition coefficient (Wildman–Crippen LogP) is 0.128. The number of esters is 1. The minimum atomic E-state index is -0.982. The predicted molar refractivity (Wildman–Crippen MR) is 44.1 cm³/mol. The highest BCUT2D eigenvalue weighted by Gasteiger charge is 2.20. The van der Waals surface area contributed by atoms with Gasteiger partial charge in [-0.2, -0.15) is 0 Å². The number of rotatable bonds is 6. The molecule has 0 radical (unpaired) electrons. The van der Waals surface area contributed by atoms with E-state index in [2.05, 4.69) is 14.2 Å². The van der Waals surface area contributed by atoms with Crippen molar-refractivity contribution in [2.24, 2.45) is 0 Å². The van der Waals surface area contributed by atoms with E-state index in [1.807, 2.05) is 0 Å². The maximum atomic E-state index is 11.1. The Kier molecular flexibility index (Phi) is 6.09. The molecule has 0 amide bonds. The summed E-state index contributed by atoms with van der Waals surface area (Å²) in [5.41, 5.74) is 0. The van der Waals surface area contributed by atoms with Crippen LogP contribution in [0, 0.1) is 0 Å². The first-order chi connectivity index (χ1) is 6.15. The molecule has 0 aliphatic carbocycles. The number of ether oxygens (including phenoxy) is 3. The Morgan fingerprint density at radius 2 is 1.77 bits per heavy atom. The second-order valence-corrected chi connectivity index (χ2v) is 2.25. The Morgan fingerprint density at radius 1 is 1.23 bits per heavy atom. The fourth-order valence-electron chi connectivity index (χ4n) is 0.797. The van der Waals surface area contributed by atoms with Gasteiger partial charge >= 0.3 is 5.97 Å². The molecule has 0 aromatic heterocycles. The van der Waals surface area contributed by atoms with Crippen molar-refractivity contribution in [3.05, 3.63) is 0 Å². The van der Waals surface area contributed by atoms with Gasteiger partial charge in [-0.15, -0.1) is 0 Å². The molecule has 5 nitrogen and oxygen atoms in total. The summed E-state index contributed by atoms with van der Waals surface area (Å²) >= 11 is 0. The lowest BCUT2D eigenvalue weighted by Crippen LogP contribution is -2.27. The van der Waals surface area contributed by atoms with E-state index in [0.29, 0.717) is 0 Å². The Morgan fingerprint density at radius 3 is 2.15 bits per heavy atom. The van der Waals surface area contributed by atoms with Crippen molar-refractivity contribution < 1.29 is 23.8 Å². The fourth-order valence-corrected chi connectivity index (χ4v) is 0.797. The van der Waals surface area contributed by atoms with E-state index in [1.54, 1.807) is 6.92 Å². The minimum absolute atomic E-state index is 0.261. The van der Waals surface area contributed by atoms with Crippen LogP contribution in [0.5, 0.6) is 0 Å². The minimum Gasteiger partial charge on any atom is -0.466 e. The summed E-state index contributed by atoms with van der Waals surface area (Å²) in [5.74, 6) is -1.00. The van der Waals surface area contributed by atoms with Gasteiger partial charge in [0.15, 0.2) is 5.78 Å². The third-order valence-corrected chi connectivity index (χ3v) is 1.31. The maximum Gasteiger partial charge on any atom is 0.313 e. The Bertz CT molecular complexity index is 173. The Hall–Kier alpha value is -0.940. The second kappa shape index (κ2) is 6.56. The van der Waals surface area contributed by atoms with Crippen LogP contribution in [0.2, 0.25) is 0 Å². The Labute approximate surface area is 77.0 Å². The molecule has 5 heteroatoms. The highest BCUT2D eigenvalue weighted by molar-refractivity contribution is 5.97. The lowest BCUT2D eigenvalue weighted by Gasteiger charge is -2.10. The van der Waals surface area contributed by atoms with E-state index in [4.69, 9.17) is 0 Å². The SMILES string of the molecule is CCOC(=O)CC(=O)C(OC)OC. The van der Waals surface area contributed by atoms with E-state index in [9.17, 15) is 9.59 Å². The molecule has 76 valence electrons. The van der Waals surface area contributed by atoms with Crippen molar-refractivity contribution in [1.29, 1.82) is 0 Å². The molecule has 0 aliphatic rings. The van der Waals surface area contributed by atoms with Crippen LogP contribution in [0.4, 0.5) is 0 Å². The lowest BCUT2D eigenvalue weighted by atomic mass is 10.3. The van der Waals surface area contributed by atoms with Gasteiger partial charge in [0.25, 0.3) is 0 Å². The summed E-state index contributed by atoms with van der Waals surface area (Å²) in [4.78, 5) is 22.0. The number of hydrogen-bond donors (Lipinski definition) is 0. The highest BCUT2D eigenvalue weighted by atomic mass is 16.7. The first-order valence-corrected chi connectivity index (χ1v) is 3.89. The smallest absolute Gasteiger partial charge is 0.313 e. The first-order valence-electron chi connectivity index (χ1n) is 3.89. The van der Waals surface area contributed by atoms with Crippen molar-refractivity contribution in [2.75, 3.05) is 20.8 Å². The molecule has 0 bridgehead atoms. The topological polar surface area (TPSA) is 61.8 Å².